The molecule has 1 aliphatic carbocycles. The predicted molar refractivity (Wildman–Crippen MR) is 184 cm³/mol. The molecule has 0 bridgehead atoms. The minimum atomic E-state index is -0.518. The van der Waals surface area contributed by atoms with E-state index in [1.54, 1.807) is 12.1 Å². The van der Waals surface area contributed by atoms with E-state index in [1.807, 2.05) is 24.1 Å². The summed E-state index contributed by atoms with van der Waals surface area (Å²) in [5.41, 5.74) is 7.76. The number of nitrogens with two attached hydrogens (primary N) is 1. The maximum Gasteiger partial charge on any atom is 0.318 e. The number of aliphatic hydroxyl groups is 1. The number of phenols is 1. The van der Waals surface area contributed by atoms with Crippen LogP contribution < -0.4 is 31.2 Å². The summed E-state index contributed by atoms with van der Waals surface area (Å²) in [4.78, 5) is 13.0. The highest BCUT2D eigenvalue weighted by Gasteiger charge is 2.34. The molecule has 1 saturated carbocycles. The molecule has 3 atom stereocenters. The summed E-state index contributed by atoms with van der Waals surface area (Å²) in [7, 11) is 6.08. The predicted octanol–water partition coefficient (Wildman–Crippen LogP) is 3.60. The van der Waals surface area contributed by atoms with Crippen molar-refractivity contribution in [3.8, 4) is 11.8 Å². The van der Waals surface area contributed by atoms with E-state index in [2.05, 4.69) is 31.0 Å². The zero-order chi connectivity index (χ0) is 33.0. The SMILES string of the molecule is CCc1c(P)ccc2cc(O)cc(C/C(F)=c3/nc(OC)nc(N(C)CCCC4CC(O)C4)/c3=C/N)c12.FC1CC2CCCN2C1. The lowest BCUT2D eigenvalue weighted by Gasteiger charge is -2.31. The van der Waals surface area contributed by atoms with Crippen LogP contribution in [0.15, 0.2) is 24.3 Å². The first-order valence-electron chi connectivity index (χ1n) is 16.4. The Kier molecular flexibility index (Phi) is 11.3. The summed E-state index contributed by atoms with van der Waals surface area (Å²) >= 11 is 0. The van der Waals surface area contributed by atoms with Crippen molar-refractivity contribution in [3.05, 3.63) is 46.0 Å². The number of hydrogen-bond acceptors (Lipinski definition) is 8. The molecule has 0 amide bonds. The number of aromatic nitrogens is 2. The maximum absolute atomic E-state index is 16.0. The Morgan fingerprint density at radius 1 is 1.24 bits per heavy atom. The Hall–Kier alpha value is -3.07. The fourth-order valence-electron chi connectivity index (χ4n) is 7.27. The second kappa shape index (κ2) is 15.2. The van der Waals surface area contributed by atoms with Gasteiger partial charge in [-0.05, 0) is 103 Å². The zero-order valence-corrected chi connectivity index (χ0v) is 28.3. The zero-order valence-electron chi connectivity index (χ0n) is 27.2. The second-order valence-electron chi connectivity index (χ2n) is 12.9. The lowest BCUT2D eigenvalue weighted by atomic mass is 9.79. The van der Waals surface area contributed by atoms with Crippen molar-refractivity contribution in [1.82, 2.24) is 14.9 Å². The van der Waals surface area contributed by atoms with E-state index in [0.717, 1.165) is 66.7 Å². The highest BCUT2D eigenvalue weighted by molar-refractivity contribution is 7.27. The number of phenolic OH excluding ortho intramolecular Hbond substituents is 1. The van der Waals surface area contributed by atoms with Gasteiger partial charge < -0.3 is 25.6 Å². The van der Waals surface area contributed by atoms with Gasteiger partial charge in [0, 0.05) is 38.8 Å². The average molecular weight is 656 g/mol. The van der Waals surface area contributed by atoms with Crippen molar-refractivity contribution in [2.75, 3.05) is 38.7 Å². The number of nitrogens with zero attached hydrogens (tertiary/aromatic N) is 4. The van der Waals surface area contributed by atoms with Crippen molar-refractivity contribution in [1.29, 1.82) is 0 Å². The van der Waals surface area contributed by atoms with E-state index in [4.69, 9.17) is 10.5 Å². The topological polar surface area (TPSA) is 108 Å². The van der Waals surface area contributed by atoms with E-state index in [0.29, 0.717) is 41.6 Å². The number of aromatic hydroxyl groups is 1. The molecule has 3 aromatic rings. The lowest BCUT2D eigenvalue weighted by molar-refractivity contribution is 0.0386. The van der Waals surface area contributed by atoms with Crippen LogP contribution >= 0.6 is 9.24 Å². The van der Waals surface area contributed by atoms with Crippen molar-refractivity contribution in [2.45, 2.75) is 83.0 Å². The number of halogens is 2. The van der Waals surface area contributed by atoms with Crippen LogP contribution in [0.25, 0.3) is 22.8 Å². The summed E-state index contributed by atoms with van der Waals surface area (Å²) in [5.74, 6) is 0.644. The molecule has 1 aromatic heterocycles. The molecule has 6 rings (SSSR count). The highest BCUT2D eigenvalue weighted by atomic mass is 31.0. The fourth-order valence-corrected chi connectivity index (χ4v) is 7.72. The summed E-state index contributed by atoms with van der Waals surface area (Å²) in [6, 6.07) is 7.90. The molecular weight excluding hydrogens is 607 g/mol. The van der Waals surface area contributed by atoms with Crippen LogP contribution in [-0.4, -0.2) is 77.2 Å². The molecule has 4 N–H and O–H groups in total. The van der Waals surface area contributed by atoms with Gasteiger partial charge in [-0.1, -0.05) is 19.1 Å². The van der Waals surface area contributed by atoms with Crippen LogP contribution in [0, 0.1) is 5.92 Å². The number of alkyl halides is 1. The average Bonchev–Trinajstić information content (AvgIpc) is 3.60. The van der Waals surface area contributed by atoms with Gasteiger partial charge in [0.25, 0.3) is 0 Å². The molecule has 3 heterocycles. The van der Waals surface area contributed by atoms with Gasteiger partial charge in [-0.3, -0.25) is 4.90 Å². The Bertz CT molecular complexity index is 1640. The van der Waals surface area contributed by atoms with E-state index in [1.165, 1.54) is 26.2 Å². The molecule has 3 fully saturated rings. The lowest BCUT2D eigenvalue weighted by Crippen LogP contribution is -2.39. The smallest absolute Gasteiger partial charge is 0.318 e. The van der Waals surface area contributed by atoms with Crippen LogP contribution in [0.2, 0.25) is 0 Å². The third-order valence-corrected chi connectivity index (χ3v) is 10.2. The van der Waals surface area contributed by atoms with Gasteiger partial charge in [-0.25, -0.2) is 8.78 Å². The standard InChI is InChI=1S/C28H36FN4O3P.C7H12FN/c1-4-21-24(37)8-7-17-12-20(35)13-18(25(17)21)14-23(29)26-22(15-30)27(32-28(31-26)36-3)33(2)9-5-6-16-10-19(34)11-16;8-6-4-7-2-1-3-9(7)5-6/h7-8,12-13,15-16,19,34-35H,4-6,9-11,14,30,37H2,1-3H3;6-7H,1-5H2/b22-15+,26-23-;. The number of anilines is 1. The number of hydrogen-bond donors (Lipinski definition) is 3. The van der Waals surface area contributed by atoms with Crippen molar-refractivity contribution in [3.63, 3.8) is 0 Å². The van der Waals surface area contributed by atoms with Gasteiger partial charge in [0.1, 0.15) is 28.9 Å². The van der Waals surface area contributed by atoms with Gasteiger partial charge >= 0.3 is 6.01 Å². The van der Waals surface area contributed by atoms with Crippen molar-refractivity contribution in [2.24, 2.45) is 11.7 Å². The van der Waals surface area contributed by atoms with E-state index >= 15 is 4.39 Å². The molecule has 2 saturated heterocycles. The minimum absolute atomic E-state index is 0.0574. The summed E-state index contributed by atoms with van der Waals surface area (Å²) < 4.78 is 34.0. The number of benzene rings is 2. The molecule has 3 unspecified atom stereocenters. The monoisotopic (exact) mass is 655 g/mol. The van der Waals surface area contributed by atoms with Gasteiger partial charge in [-0.2, -0.15) is 9.97 Å². The van der Waals surface area contributed by atoms with Crippen LogP contribution in [0.4, 0.5) is 14.6 Å². The van der Waals surface area contributed by atoms with E-state index in [9.17, 15) is 14.6 Å². The maximum atomic E-state index is 16.0. The van der Waals surface area contributed by atoms with Crippen LogP contribution in [0.1, 0.15) is 63.0 Å². The van der Waals surface area contributed by atoms with Gasteiger partial charge in [0.15, 0.2) is 0 Å². The molecule has 0 spiro atoms. The van der Waals surface area contributed by atoms with Gasteiger partial charge in [-0.15, -0.1) is 9.24 Å². The summed E-state index contributed by atoms with van der Waals surface area (Å²) in [6.45, 7) is 4.61. The normalized spacial score (nSPS) is 23.5. The number of rotatable bonds is 9. The van der Waals surface area contributed by atoms with Crippen molar-refractivity contribution >= 4 is 43.2 Å². The molecular formula is C35H48F2N5O3P. The van der Waals surface area contributed by atoms with Crippen LogP contribution in [-0.2, 0) is 12.8 Å². The molecule has 2 aliphatic heterocycles. The highest BCUT2D eigenvalue weighted by Crippen LogP contribution is 2.32. The Morgan fingerprint density at radius 3 is 2.70 bits per heavy atom. The number of aryl methyl sites for hydroxylation is 1. The van der Waals surface area contributed by atoms with Crippen molar-refractivity contribution < 1.29 is 23.7 Å². The van der Waals surface area contributed by atoms with Gasteiger partial charge in [0.05, 0.1) is 18.4 Å². The minimum Gasteiger partial charge on any atom is -0.508 e. The number of methoxy groups -OCH3 is 1. The fraction of sp³-hybridized carbons (Fsp3) is 0.543. The molecule has 3 aliphatic rings. The molecule has 0 radical (unpaired) electrons. The van der Waals surface area contributed by atoms with Gasteiger partial charge in [0.2, 0.25) is 0 Å². The molecule has 250 valence electrons. The number of fused-ring (bicyclic) bond motifs is 2. The Labute approximate surface area is 272 Å². The third kappa shape index (κ3) is 7.72. The first-order valence-corrected chi connectivity index (χ1v) is 17.0. The molecule has 8 nitrogen and oxygen atoms in total. The number of ether oxygens (including phenoxy) is 1. The number of aliphatic hydroxyl groups excluding tert-OH is 1. The second-order valence-corrected chi connectivity index (χ2v) is 13.5. The first kappa shape index (κ1) is 34.3. The van der Waals surface area contributed by atoms with E-state index in [-0.39, 0.29) is 29.6 Å². The Morgan fingerprint density at radius 2 is 2.02 bits per heavy atom. The molecule has 2 aromatic carbocycles. The summed E-state index contributed by atoms with van der Waals surface area (Å²) in [6.07, 6.45) is 8.34. The first-order chi connectivity index (χ1) is 22.1. The quantitative estimate of drug-likeness (QED) is 0.301. The largest absolute Gasteiger partial charge is 0.508 e. The van der Waals surface area contributed by atoms with Crippen LogP contribution in [0.3, 0.4) is 0 Å². The summed E-state index contributed by atoms with van der Waals surface area (Å²) in [5, 5.41) is 23.2. The van der Waals surface area contributed by atoms with E-state index < -0.39 is 12.0 Å². The van der Waals surface area contributed by atoms with Crippen LogP contribution in [0.5, 0.6) is 11.8 Å². The Balaban J connectivity index is 0.000000393. The third-order valence-electron chi connectivity index (χ3n) is 9.68. The molecule has 11 heteroatoms. The molecule has 46 heavy (non-hydrogen) atoms.